The molecule has 2 heterocycles. The van der Waals surface area contributed by atoms with Crippen molar-refractivity contribution >= 4 is 40.2 Å². The van der Waals surface area contributed by atoms with E-state index < -0.39 is 5.60 Å². The van der Waals surface area contributed by atoms with Crippen molar-refractivity contribution in [3.8, 4) is 9.88 Å². The van der Waals surface area contributed by atoms with Crippen molar-refractivity contribution in [1.29, 1.82) is 0 Å². The smallest absolute Gasteiger partial charge is 0.226 e. The average Bonchev–Trinajstić information content (AvgIpc) is 3.03. The molecule has 7 heteroatoms. The van der Waals surface area contributed by atoms with Crippen molar-refractivity contribution in [1.82, 2.24) is 10.3 Å². The molecule has 4 nitrogen and oxygen atoms in total. The van der Waals surface area contributed by atoms with Crippen LogP contribution in [0.1, 0.15) is 25.0 Å². The molecule has 2 aromatic heterocycles. The number of aliphatic hydroxyl groups is 1. The lowest BCUT2D eigenvalue weighted by atomic mass is 9.80. The van der Waals surface area contributed by atoms with Crippen molar-refractivity contribution in [2.45, 2.75) is 31.3 Å². The summed E-state index contributed by atoms with van der Waals surface area (Å²) in [5.74, 6) is -0.101. The molecule has 0 radical (unpaired) electrons. The number of hydrogen-bond acceptors (Lipinski definition) is 5. The molecule has 1 fully saturated rings. The van der Waals surface area contributed by atoms with E-state index in [1.54, 1.807) is 0 Å². The standard InChI is InChI=1S/C14H15ClN2O2S2/c15-11-3-2-10(21-11)13-17-9(7-20-13)6-12(18)16-8-14(19)4-1-5-14/h2-3,7,19H,1,4-6,8H2,(H,16,18). The van der Waals surface area contributed by atoms with Crippen LogP contribution in [0, 0.1) is 0 Å². The van der Waals surface area contributed by atoms with Crippen LogP contribution in [0.3, 0.4) is 0 Å². The maximum atomic E-state index is 11.9. The number of hydrogen-bond donors (Lipinski definition) is 2. The van der Waals surface area contributed by atoms with E-state index in [1.165, 1.54) is 22.7 Å². The number of halogens is 1. The lowest BCUT2D eigenvalue weighted by Crippen LogP contribution is -2.48. The minimum absolute atomic E-state index is 0.101. The highest BCUT2D eigenvalue weighted by molar-refractivity contribution is 7.23. The molecule has 0 aliphatic heterocycles. The Bertz CT molecular complexity index is 649. The van der Waals surface area contributed by atoms with Crippen molar-refractivity contribution in [3.05, 3.63) is 27.5 Å². The topological polar surface area (TPSA) is 62.2 Å². The van der Waals surface area contributed by atoms with E-state index in [2.05, 4.69) is 10.3 Å². The molecule has 1 aliphatic rings. The van der Waals surface area contributed by atoms with Crippen LogP contribution in [0.25, 0.3) is 9.88 Å². The Balaban J connectivity index is 1.55. The van der Waals surface area contributed by atoms with Crippen LogP contribution in [0.5, 0.6) is 0 Å². The summed E-state index contributed by atoms with van der Waals surface area (Å²) in [6, 6.07) is 3.77. The first-order valence-electron chi connectivity index (χ1n) is 6.73. The number of thiophene rings is 1. The second-order valence-corrected chi connectivity index (χ2v) is 7.85. The number of nitrogens with zero attached hydrogens (tertiary/aromatic N) is 1. The predicted octanol–water partition coefficient (Wildman–Crippen LogP) is 3.10. The van der Waals surface area contributed by atoms with E-state index in [9.17, 15) is 9.90 Å². The minimum Gasteiger partial charge on any atom is -0.388 e. The van der Waals surface area contributed by atoms with Gasteiger partial charge in [-0.25, -0.2) is 4.98 Å². The monoisotopic (exact) mass is 342 g/mol. The molecule has 0 bridgehead atoms. The van der Waals surface area contributed by atoms with E-state index in [0.717, 1.165) is 39.2 Å². The van der Waals surface area contributed by atoms with Crippen LogP contribution < -0.4 is 5.32 Å². The normalized spacial score (nSPS) is 16.5. The number of thiazole rings is 1. The van der Waals surface area contributed by atoms with Gasteiger partial charge in [0, 0.05) is 11.9 Å². The van der Waals surface area contributed by atoms with Gasteiger partial charge in [-0.3, -0.25) is 4.79 Å². The quantitative estimate of drug-likeness (QED) is 0.877. The van der Waals surface area contributed by atoms with Crippen LogP contribution in [-0.2, 0) is 11.2 Å². The SMILES string of the molecule is O=C(Cc1csc(-c2ccc(Cl)s2)n1)NCC1(O)CCC1. The molecule has 0 unspecified atom stereocenters. The number of carbonyl (C=O) groups excluding carboxylic acids is 1. The zero-order chi connectivity index (χ0) is 14.9. The Labute approximate surface area is 135 Å². The molecule has 112 valence electrons. The first-order valence-corrected chi connectivity index (χ1v) is 8.81. The summed E-state index contributed by atoms with van der Waals surface area (Å²) in [4.78, 5) is 17.3. The molecule has 1 amide bonds. The summed E-state index contributed by atoms with van der Waals surface area (Å²) in [5, 5.41) is 15.5. The van der Waals surface area contributed by atoms with Gasteiger partial charge in [0.05, 0.1) is 26.9 Å². The molecule has 3 rings (SSSR count). The molecule has 1 aliphatic carbocycles. The van der Waals surface area contributed by atoms with Gasteiger partial charge in [-0.1, -0.05) is 11.6 Å². The van der Waals surface area contributed by atoms with Gasteiger partial charge < -0.3 is 10.4 Å². The van der Waals surface area contributed by atoms with E-state index >= 15 is 0 Å². The molecule has 1 saturated carbocycles. The lowest BCUT2D eigenvalue weighted by molar-refractivity contribution is -0.122. The Morgan fingerprint density at radius 2 is 2.29 bits per heavy atom. The summed E-state index contributed by atoms with van der Waals surface area (Å²) in [6.07, 6.45) is 2.82. The first kappa shape index (κ1) is 15.0. The van der Waals surface area contributed by atoms with E-state index in [4.69, 9.17) is 11.6 Å². The van der Waals surface area contributed by atoms with Gasteiger partial charge >= 0.3 is 0 Å². The van der Waals surface area contributed by atoms with E-state index in [1.807, 2.05) is 17.5 Å². The Morgan fingerprint density at radius 1 is 1.48 bits per heavy atom. The minimum atomic E-state index is -0.684. The number of aromatic nitrogens is 1. The van der Waals surface area contributed by atoms with Crippen LogP contribution in [-0.4, -0.2) is 28.1 Å². The number of amides is 1. The molecule has 21 heavy (non-hydrogen) atoms. The fourth-order valence-electron chi connectivity index (χ4n) is 2.18. The van der Waals surface area contributed by atoms with Crippen molar-refractivity contribution in [3.63, 3.8) is 0 Å². The van der Waals surface area contributed by atoms with Crippen molar-refractivity contribution in [2.75, 3.05) is 6.54 Å². The highest BCUT2D eigenvalue weighted by atomic mass is 35.5. The lowest BCUT2D eigenvalue weighted by Gasteiger charge is -2.36. The van der Waals surface area contributed by atoms with Gasteiger partial charge in [0.2, 0.25) is 5.91 Å². The van der Waals surface area contributed by atoms with Gasteiger partial charge in [0.15, 0.2) is 0 Å². The molecular weight excluding hydrogens is 328 g/mol. The maximum Gasteiger partial charge on any atom is 0.226 e. The molecular formula is C14H15ClN2O2S2. The number of nitrogens with one attached hydrogen (secondary N) is 1. The van der Waals surface area contributed by atoms with Crippen molar-refractivity contribution < 1.29 is 9.90 Å². The second kappa shape index (κ2) is 6.04. The van der Waals surface area contributed by atoms with Crippen LogP contribution in [0.4, 0.5) is 0 Å². The summed E-state index contributed by atoms with van der Waals surface area (Å²) >= 11 is 8.90. The van der Waals surface area contributed by atoms with Gasteiger partial charge in [-0.05, 0) is 31.4 Å². The van der Waals surface area contributed by atoms with Crippen LogP contribution >= 0.6 is 34.3 Å². The number of carbonyl (C=O) groups is 1. The maximum absolute atomic E-state index is 11.9. The summed E-state index contributed by atoms with van der Waals surface area (Å²) < 4.78 is 0.730. The predicted molar refractivity (Wildman–Crippen MR) is 86.0 cm³/mol. The fourth-order valence-corrected chi connectivity index (χ4v) is 4.12. The van der Waals surface area contributed by atoms with Gasteiger partial charge in [-0.15, -0.1) is 22.7 Å². The highest BCUT2D eigenvalue weighted by Crippen LogP contribution is 2.33. The first-order chi connectivity index (χ1) is 10.0. The zero-order valence-electron chi connectivity index (χ0n) is 11.3. The molecule has 0 atom stereocenters. The highest BCUT2D eigenvalue weighted by Gasteiger charge is 2.34. The number of rotatable bonds is 5. The third-order valence-corrected chi connectivity index (χ3v) is 5.87. The molecule has 0 spiro atoms. The molecule has 0 aromatic carbocycles. The Hall–Kier alpha value is -0.950. The van der Waals surface area contributed by atoms with E-state index in [0.29, 0.717) is 6.54 Å². The van der Waals surface area contributed by atoms with E-state index in [-0.39, 0.29) is 12.3 Å². The third kappa shape index (κ3) is 3.63. The molecule has 2 N–H and O–H groups in total. The van der Waals surface area contributed by atoms with Gasteiger partial charge in [0.25, 0.3) is 0 Å². The van der Waals surface area contributed by atoms with Gasteiger partial charge in [-0.2, -0.15) is 0 Å². The van der Waals surface area contributed by atoms with Crippen LogP contribution in [0.2, 0.25) is 4.34 Å². The summed E-state index contributed by atoms with van der Waals surface area (Å²) in [6.45, 7) is 0.337. The Kier molecular flexibility index (Phi) is 4.31. The average molecular weight is 343 g/mol. The third-order valence-electron chi connectivity index (χ3n) is 3.58. The largest absolute Gasteiger partial charge is 0.388 e. The van der Waals surface area contributed by atoms with Crippen molar-refractivity contribution in [2.24, 2.45) is 0 Å². The fraction of sp³-hybridized carbons (Fsp3) is 0.429. The molecule has 2 aromatic rings. The summed E-state index contributed by atoms with van der Waals surface area (Å²) in [7, 11) is 0. The zero-order valence-corrected chi connectivity index (χ0v) is 13.7. The Morgan fingerprint density at radius 3 is 2.90 bits per heavy atom. The summed E-state index contributed by atoms with van der Waals surface area (Å²) in [5.41, 5.74) is 0.0639. The molecule has 0 saturated heterocycles. The van der Waals surface area contributed by atoms with Crippen LogP contribution in [0.15, 0.2) is 17.5 Å². The van der Waals surface area contributed by atoms with Gasteiger partial charge in [0.1, 0.15) is 5.01 Å². The second-order valence-electron chi connectivity index (χ2n) is 5.28.